The Kier molecular flexibility index (Phi) is 8.82. The third-order valence-electron chi connectivity index (χ3n) is 2.46. The molecule has 0 saturated heterocycles. The van der Waals surface area contributed by atoms with E-state index in [1.807, 2.05) is 0 Å². The molecule has 0 fully saturated rings. The summed E-state index contributed by atoms with van der Waals surface area (Å²) in [5, 5.41) is 23.3. The molecule has 0 spiro atoms. The lowest BCUT2D eigenvalue weighted by Gasteiger charge is -2.02. The smallest absolute Gasteiger partial charge is 0.104 e. The molecule has 0 saturated carbocycles. The molecule has 4 heteroatoms. The Hall–Kier alpha value is -1.06. The molecule has 0 aromatic rings. The highest BCUT2D eigenvalue weighted by Gasteiger charge is 2.04. The van der Waals surface area contributed by atoms with Gasteiger partial charge in [0.2, 0.25) is 0 Å². The van der Waals surface area contributed by atoms with Crippen LogP contribution < -0.4 is 0 Å². The molecule has 0 aromatic heterocycles. The van der Waals surface area contributed by atoms with Crippen molar-refractivity contribution in [2.24, 2.45) is 10.3 Å². The average molecular weight is 214 g/mol. The predicted molar refractivity (Wildman–Crippen MR) is 62.1 cm³/mol. The van der Waals surface area contributed by atoms with Crippen molar-refractivity contribution in [1.82, 2.24) is 0 Å². The Balaban J connectivity index is 3.57. The third-order valence-corrected chi connectivity index (χ3v) is 2.46. The molecule has 0 atom stereocenters. The average Bonchev–Trinajstić information content (AvgIpc) is 2.27. The second-order valence-corrected chi connectivity index (χ2v) is 3.75. The van der Waals surface area contributed by atoms with Gasteiger partial charge in [-0.15, -0.1) is 0 Å². The number of oxime groups is 2. The molecular formula is C11H22N2O2. The molecule has 0 aliphatic rings. The van der Waals surface area contributed by atoms with Crippen LogP contribution in [0.25, 0.3) is 0 Å². The highest BCUT2D eigenvalue weighted by Crippen LogP contribution is 2.08. The summed E-state index contributed by atoms with van der Waals surface area (Å²) in [5.41, 5.74) is 0.874. The Bertz CT molecular complexity index is 213. The highest BCUT2D eigenvalue weighted by atomic mass is 16.4. The summed E-state index contributed by atoms with van der Waals surface area (Å²) in [7, 11) is 0. The number of unbranched alkanes of at least 4 members (excludes halogenated alkanes) is 5. The Morgan fingerprint density at radius 1 is 0.933 bits per heavy atom. The Morgan fingerprint density at radius 2 is 1.53 bits per heavy atom. The molecule has 0 aliphatic heterocycles. The first-order chi connectivity index (χ1) is 7.26. The van der Waals surface area contributed by atoms with E-state index in [1.165, 1.54) is 25.7 Å². The molecule has 4 nitrogen and oxygen atoms in total. The quantitative estimate of drug-likeness (QED) is 0.281. The fraction of sp³-hybridized carbons (Fsp3) is 0.818. The molecule has 0 bridgehead atoms. The molecule has 0 heterocycles. The highest BCUT2D eigenvalue weighted by molar-refractivity contribution is 6.41. The normalized spacial score (nSPS) is 13.2. The van der Waals surface area contributed by atoms with Gasteiger partial charge in [0.1, 0.15) is 11.4 Å². The van der Waals surface area contributed by atoms with Crippen LogP contribution in [0.4, 0.5) is 0 Å². The fourth-order valence-corrected chi connectivity index (χ4v) is 1.43. The molecule has 0 rings (SSSR count). The maximum atomic E-state index is 8.66. The van der Waals surface area contributed by atoms with E-state index in [0.717, 1.165) is 12.8 Å². The van der Waals surface area contributed by atoms with Crippen LogP contribution in [-0.2, 0) is 0 Å². The predicted octanol–water partition coefficient (Wildman–Crippen LogP) is 3.42. The lowest BCUT2D eigenvalue weighted by molar-refractivity contribution is 0.312. The summed E-state index contributed by atoms with van der Waals surface area (Å²) < 4.78 is 0. The first-order valence-corrected chi connectivity index (χ1v) is 5.66. The first kappa shape index (κ1) is 13.9. The zero-order valence-corrected chi connectivity index (χ0v) is 9.74. The zero-order chi connectivity index (χ0) is 11.5. The van der Waals surface area contributed by atoms with Crippen LogP contribution in [0, 0.1) is 0 Å². The van der Waals surface area contributed by atoms with E-state index in [0.29, 0.717) is 17.8 Å². The van der Waals surface area contributed by atoms with Crippen molar-refractivity contribution in [3.05, 3.63) is 0 Å². The molecule has 0 radical (unpaired) electrons. The summed E-state index contributed by atoms with van der Waals surface area (Å²) in [5.74, 6) is 0. The van der Waals surface area contributed by atoms with E-state index < -0.39 is 0 Å². The van der Waals surface area contributed by atoms with Gasteiger partial charge in [0.15, 0.2) is 0 Å². The van der Waals surface area contributed by atoms with Gasteiger partial charge in [0.05, 0.1) is 0 Å². The van der Waals surface area contributed by atoms with E-state index in [4.69, 9.17) is 10.4 Å². The molecule has 0 unspecified atom stereocenters. The van der Waals surface area contributed by atoms with Gasteiger partial charge in [-0.3, -0.25) is 0 Å². The Morgan fingerprint density at radius 3 is 2.07 bits per heavy atom. The monoisotopic (exact) mass is 214 g/mol. The molecule has 0 aromatic carbocycles. The summed E-state index contributed by atoms with van der Waals surface area (Å²) in [6, 6.07) is 0. The zero-order valence-electron chi connectivity index (χ0n) is 9.74. The van der Waals surface area contributed by atoms with Gasteiger partial charge in [0.25, 0.3) is 0 Å². The molecule has 88 valence electrons. The summed E-state index contributed by atoms with van der Waals surface area (Å²) in [4.78, 5) is 0. The Labute approximate surface area is 91.7 Å². The van der Waals surface area contributed by atoms with Crippen molar-refractivity contribution in [3.63, 3.8) is 0 Å². The second-order valence-electron chi connectivity index (χ2n) is 3.75. The minimum Gasteiger partial charge on any atom is -0.411 e. The van der Waals surface area contributed by atoms with E-state index >= 15 is 0 Å². The van der Waals surface area contributed by atoms with Crippen LogP contribution in [0.2, 0.25) is 0 Å². The van der Waals surface area contributed by atoms with Gasteiger partial charge >= 0.3 is 0 Å². The van der Waals surface area contributed by atoms with Crippen molar-refractivity contribution in [1.29, 1.82) is 0 Å². The van der Waals surface area contributed by atoms with Crippen LogP contribution >= 0.6 is 0 Å². The standard InChI is InChI=1S/C11H22N2O2/c1-3-4-5-6-7-8-9-11(13-15)10(2)12-14/h14-15H,3-9H2,1-2H3/b12-10+,13-11-. The summed E-state index contributed by atoms with van der Waals surface area (Å²) in [6.45, 7) is 3.82. The van der Waals surface area contributed by atoms with Crippen molar-refractivity contribution in [2.75, 3.05) is 0 Å². The fourth-order valence-electron chi connectivity index (χ4n) is 1.43. The van der Waals surface area contributed by atoms with Crippen LogP contribution in [0.1, 0.15) is 58.8 Å². The summed E-state index contributed by atoms with van der Waals surface area (Å²) >= 11 is 0. The minimum atomic E-state index is 0.394. The largest absolute Gasteiger partial charge is 0.411 e. The van der Waals surface area contributed by atoms with E-state index in [-0.39, 0.29) is 0 Å². The van der Waals surface area contributed by atoms with Crippen molar-refractivity contribution >= 4 is 11.4 Å². The minimum absolute atomic E-state index is 0.394. The van der Waals surface area contributed by atoms with Crippen molar-refractivity contribution in [2.45, 2.75) is 58.8 Å². The molecule has 15 heavy (non-hydrogen) atoms. The number of hydrogen-bond acceptors (Lipinski definition) is 4. The van der Waals surface area contributed by atoms with E-state index in [9.17, 15) is 0 Å². The van der Waals surface area contributed by atoms with E-state index in [2.05, 4.69) is 17.2 Å². The molecule has 2 N–H and O–H groups in total. The molecular weight excluding hydrogens is 192 g/mol. The van der Waals surface area contributed by atoms with Crippen LogP contribution in [-0.4, -0.2) is 21.8 Å². The number of rotatable bonds is 8. The maximum absolute atomic E-state index is 8.66. The second kappa shape index (κ2) is 9.49. The topological polar surface area (TPSA) is 65.2 Å². The first-order valence-electron chi connectivity index (χ1n) is 5.66. The number of hydrogen-bond donors (Lipinski definition) is 2. The van der Waals surface area contributed by atoms with Gasteiger partial charge in [-0.2, -0.15) is 0 Å². The SMILES string of the molecule is CCCCCCCCC(=N/O)/C(C)=N/O. The van der Waals surface area contributed by atoms with Gasteiger partial charge in [-0.25, -0.2) is 0 Å². The van der Waals surface area contributed by atoms with Gasteiger partial charge in [-0.05, 0) is 19.8 Å². The van der Waals surface area contributed by atoms with Gasteiger partial charge < -0.3 is 10.4 Å². The van der Waals surface area contributed by atoms with Crippen molar-refractivity contribution < 1.29 is 10.4 Å². The van der Waals surface area contributed by atoms with Crippen molar-refractivity contribution in [3.8, 4) is 0 Å². The lowest BCUT2D eigenvalue weighted by Crippen LogP contribution is -2.10. The number of nitrogens with zero attached hydrogens (tertiary/aromatic N) is 2. The summed E-state index contributed by atoms with van der Waals surface area (Å²) in [6.07, 6.45) is 7.83. The van der Waals surface area contributed by atoms with Crippen LogP contribution in [0.15, 0.2) is 10.3 Å². The van der Waals surface area contributed by atoms with Crippen LogP contribution in [0.3, 0.4) is 0 Å². The van der Waals surface area contributed by atoms with Gasteiger partial charge in [-0.1, -0.05) is 49.3 Å². The van der Waals surface area contributed by atoms with Gasteiger partial charge in [0, 0.05) is 0 Å². The molecule has 0 aliphatic carbocycles. The third kappa shape index (κ3) is 6.94. The van der Waals surface area contributed by atoms with E-state index in [1.54, 1.807) is 6.92 Å². The molecule has 0 amide bonds. The lowest BCUT2D eigenvalue weighted by atomic mass is 10.1. The maximum Gasteiger partial charge on any atom is 0.104 e. The van der Waals surface area contributed by atoms with Crippen LogP contribution in [0.5, 0.6) is 0 Å².